The van der Waals surface area contributed by atoms with E-state index in [-0.39, 0.29) is 65.9 Å². The van der Waals surface area contributed by atoms with Crippen LogP contribution in [0.2, 0.25) is 0 Å². The zero-order valence-corrected chi connectivity index (χ0v) is 35.2. The third-order valence-corrected chi connectivity index (χ3v) is 11.8. The van der Waals surface area contributed by atoms with Crippen LogP contribution in [-0.2, 0) is 35.1 Å². The van der Waals surface area contributed by atoms with Crippen molar-refractivity contribution < 1.29 is 28.7 Å². The molecule has 2 heterocycles. The summed E-state index contributed by atoms with van der Waals surface area (Å²) in [5, 5.41) is 12.1. The molecule has 3 rings (SSSR count). The van der Waals surface area contributed by atoms with Crippen molar-refractivity contribution in [3.63, 3.8) is 0 Å². The SMILES string of the molecule is CC[C@H](C)[C@H](NC(=O)[C@@H](NC(=O)[C@H](C(C)C)N(C)C)C(C)C)[C@@H](CC(=O)N1CCC[C@H]1[C@H](OC)[C@H](C)C(=O)N[C@@H](Cc1ccccc1)c1nccs1)OC. The van der Waals surface area contributed by atoms with Crippen LogP contribution < -0.4 is 16.0 Å². The Morgan fingerprint density at radius 3 is 2.15 bits per heavy atom. The first-order valence-corrected chi connectivity index (χ1v) is 20.4. The molecule has 2 aromatic rings. The molecule has 1 aromatic carbocycles. The maximum atomic E-state index is 14.2. The topological polar surface area (TPSA) is 142 Å². The number of likely N-dealkylation sites (N-methyl/N-ethyl adjacent to an activating group) is 1. The molecule has 0 saturated carbocycles. The molecule has 13 heteroatoms. The van der Waals surface area contributed by atoms with E-state index in [1.54, 1.807) is 20.4 Å². The lowest BCUT2D eigenvalue weighted by Gasteiger charge is -2.37. The largest absolute Gasteiger partial charge is 0.379 e. The third-order valence-electron chi connectivity index (χ3n) is 10.9. The van der Waals surface area contributed by atoms with E-state index in [0.29, 0.717) is 19.4 Å². The Balaban J connectivity index is 1.75. The summed E-state index contributed by atoms with van der Waals surface area (Å²) in [7, 11) is 6.87. The number of carbonyl (C=O) groups is 4. The summed E-state index contributed by atoms with van der Waals surface area (Å²) in [5.41, 5.74) is 1.09. The van der Waals surface area contributed by atoms with Crippen molar-refractivity contribution in [2.45, 2.75) is 123 Å². The van der Waals surface area contributed by atoms with Crippen LogP contribution in [0.1, 0.15) is 90.8 Å². The van der Waals surface area contributed by atoms with Crippen LogP contribution in [0.4, 0.5) is 0 Å². The van der Waals surface area contributed by atoms with Crippen molar-refractivity contribution in [3.05, 3.63) is 52.5 Å². The fourth-order valence-corrected chi connectivity index (χ4v) is 8.40. The van der Waals surface area contributed by atoms with Crippen LogP contribution in [0.3, 0.4) is 0 Å². The average molecular weight is 771 g/mol. The summed E-state index contributed by atoms with van der Waals surface area (Å²) >= 11 is 1.50. The van der Waals surface area contributed by atoms with E-state index in [0.717, 1.165) is 23.4 Å². The Kier molecular flexibility index (Phi) is 18.0. The third kappa shape index (κ3) is 12.1. The van der Waals surface area contributed by atoms with E-state index in [9.17, 15) is 19.2 Å². The first-order valence-electron chi connectivity index (χ1n) is 19.5. The normalized spacial score (nSPS) is 19.1. The molecule has 302 valence electrons. The van der Waals surface area contributed by atoms with Gasteiger partial charge in [0.1, 0.15) is 11.0 Å². The monoisotopic (exact) mass is 770 g/mol. The fraction of sp³-hybridized carbons (Fsp3) is 0.683. The molecule has 1 fully saturated rings. The van der Waals surface area contributed by atoms with Gasteiger partial charge in [-0.15, -0.1) is 11.3 Å². The Hall–Kier alpha value is -3.39. The standard InChI is InChI=1S/C41H66N6O6S/c1-12-27(6)35(45-39(50)34(25(2)3)44-40(51)36(26(4)5)46(8)9)32(52-10)24-33(48)47-21-16-19-31(47)37(53-11)28(7)38(49)43-30(41-42-20-22-54-41)23-29-17-14-13-15-18-29/h13-15,17-18,20,22,25-28,30-32,34-37H,12,16,19,21,23-24H2,1-11H3,(H,43,49)(H,44,51)(H,45,50)/t27-,28-,30-,31-,32+,34-,35-,36-,37+/m0/s1. The molecule has 4 amide bonds. The number of ether oxygens (including phenoxy) is 2. The Labute approximate surface area is 327 Å². The van der Waals surface area contributed by atoms with Gasteiger partial charge in [0, 0.05) is 32.3 Å². The molecule has 12 nitrogen and oxygen atoms in total. The van der Waals surface area contributed by atoms with E-state index in [1.807, 2.05) is 108 Å². The second-order valence-electron chi connectivity index (χ2n) is 15.7. The van der Waals surface area contributed by atoms with Gasteiger partial charge in [-0.05, 0) is 56.7 Å². The first kappa shape index (κ1) is 45.0. The zero-order valence-electron chi connectivity index (χ0n) is 34.3. The molecular formula is C41H66N6O6S. The number of likely N-dealkylation sites (tertiary alicyclic amines) is 1. The van der Waals surface area contributed by atoms with Gasteiger partial charge in [0.05, 0.1) is 48.7 Å². The van der Waals surface area contributed by atoms with Crippen molar-refractivity contribution in [1.29, 1.82) is 0 Å². The minimum atomic E-state index is -0.764. The number of benzene rings is 1. The lowest BCUT2D eigenvalue weighted by molar-refractivity contribution is -0.143. The van der Waals surface area contributed by atoms with Gasteiger partial charge in [0.25, 0.3) is 0 Å². The molecule has 1 saturated heterocycles. The summed E-state index contributed by atoms with van der Waals surface area (Å²) in [6.07, 6.45) is 3.45. The van der Waals surface area contributed by atoms with Gasteiger partial charge in [-0.2, -0.15) is 0 Å². The van der Waals surface area contributed by atoms with Crippen molar-refractivity contribution in [1.82, 2.24) is 30.7 Å². The summed E-state index contributed by atoms with van der Waals surface area (Å²) in [5.74, 6) is -1.48. The maximum absolute atomic E-state index is 14.2. The van der Waals surface area contributed by atoms with Crippen LogP contribution in [-0.4, -0.2) is 110 Å². The highest BCUT2D eigenvalue weighted by Crippen LogP contribution is 2.29. The second-order valence-corrected chi connectivity index (χ2v) is 16.6. The van der Waals surface area contributed by atoms with Crippen LogP contribution >= 0.6 is 11.3 Å². The van der Waals surface area contributed by atoms with Gasteiger partial charge in [0.2, 0.25) is 23.6 Å². The minimum absolute atomic E-state index is 0.0214. The van der Waals surface area contributed by atoms with Gasteiger partial charge in [-0.25, -0.2) is 4.98 Å². The van der Waals surface area contributed by atoms with Crippen molar-refractivity contribution >= 4 is 35.0 Å². The van der Waals surface area contributed by atoms with E-state index in [2.05, 4.69) is 20.9 Å². The second kappa shape index (κ2) is 21.6. The number of amides is 4. The Morgan fingerprint density at radius 2 is 1.61 bits per heavy atom. The fourth-order valence-electron chi connectivity index (χ4n) is 7.71. The van der Waals surface area contributed by atoms with Crippen LogP contribution in [0.25, 0.3) is 0 Å². The number of rotatable bonds is 21. The highest BCUT2D eigenvalue weighted by molar-refractivity contribution is 7.09. The average Bonchev–Trinajstić information content (AvgIpc) is 3.85. The first-order chi connectivity index (χ1) is 25.6. The molecule has 54 heavy (non-hydrogen) atoms. The molecule has 3 N–H and O–H groups in total. The number of hydrogen-bond donors (Lipinski definition) is 3. The smallest absolute Gasteiger partial charge is 0.243 e. The Bertz CT molecular complexity index is 1450. The molecule has 0 unspecified atom stereocenters. The molecule has 0 bridgehead atoms. The number of aromatic nitrogens is 1. The predicted octanol–water partition coefficient (Wildman–Crippen LogP) is 4.85. The van der Waals surface area contributed by atoms with Crippen molar-refractivity contribution in [3.8, 4) is 0 Å². The summed E-state index contributed by atoms with van der Waals surface area (Å²) < 4.78 is 12.0. The van der Waals surface area contributed by atoms with Crippen LogP contribution in [0.15, 0.2) is 41.9 Å². The number of carbonyl (C=O) groups excluding carboxylic acids is 4. The lowest BCUT2D eigenvalue weighted by Crippen LogP contribution is -2.59. The van der Waals surface area contributed by atoms with Crippen molar-refractivity contribution in [2.24, 2.45) is 23.7 Å². The molecule has 0 aliphatic carbocycles. The number of nitrogens with zero attached hydrogens (tertiary/aromatic N) is 3. The van der Waals surface area contributed by atoms with Gasteiger partial charge < -0.3 is 30.3 Å². The molecule has 9 atom stereocenters. The summed E-state index contributed by atoms with van der Waals surface area (Å²) in [6.45, 7) is 14.2. The van der Waals surface area contributed by atoms with E-state index in [1.165, 1.54) is 11.3 Å². The van der Waals surface area contributed by atoms with Gasteiger partial charge in [-0.3, -0.25) is 24.1 Å². The molecule has 1 aliphatic rings. The molecule has 1 aromatic heterocycles. The van der Waals surface area contributed by atoms with Crippen LogP contribution in [0, 0.1) is 23.7 Å². The zero-order chi connectivity index (χ0) is 40.1. The Morgan fingerprint density at radius 1 is 0.926 bits per heavy atom. The molecule has 0 spiro atoms. The molecule has 1 aliphatic heterocycles. The van der Waals surface area contributed by atoms with Gasteiger partial charge in [-0.1, -0.05) is 85.2 Å². The lowest BCUT2D eigenvalue weighted by atomic mass is 9.90. The maximum Gasteiger partial charge on any atom is 0.243 e. The van der Waals surface area contributed by atoms with Gasteiger partial charge in [0.15, 0.2) is 0 Å². The number of nitrogens with one attached hydrogen (secondary N) is 3. The highest BCUT2D eigenvalue weighted by Gasteiger charge is 2.42. The van der Waals surface area contributed by atoms with E-state index < -0.39 is 30.2 Å². The quantitative estimate of drug-likeness (QED) is 0.164. The van der Waals surface area contributed by atoms with Crippen molar-refractivity contribution in [2.75, 3.05) is 34.9 Å². The number of hydrogen-bond acceptors (Lipinski definition) is 9. The molecular weight excluding hydrogens is 705 g/mol. The number of methoxy groups -OCH3 is 2. The highest BCUT2D eigenvalue weighted by atomic mass is 32.1. The van der Waals surface area contributed by atoms with E-state index >= 15 is 0 Å². The predicted molar refractivity (Wildman–Crippen MR) is 214 cm³/mol. The minimum Gasteiger partial charge on any atom is -0.379 e. The van der Waals surface area contributed by atoms with Crippen LogP contribution in [0.5, 0.6) is 0 Å². The van der Waals surface area contributed by atoms with E-state index in [4.69, 9.17) is 9.47 Å². The molecule has 0 radical (unpaired) electrons. The number of thiazole rings is 1. The summed E-state index contributed by atoms with van der Waals surface area (Å²) in [4.78, 5) is 63.5. The summed E-state index contributed by atoms with van der Waals surface area (Å²) in [6, 6.07) is 7.76. The van der Waals surface area contributed by atoms with Gasteiger partial charge >= 0.3 is 0 Å².